The van der Waals surface area contributed by atoms with Gasteiger partial charge in [0, 0.05) is 16.1 Å². The summed E-state index contributed by atoms with van der Waals surface area (Å²) in [6, 6.07) is 11.7. The summed E-state index contributed by atoms with van der Waals surface area (Å²) in [6.45, 7) is 2.12. The molecule has 0 radical (unpaired) electrons. The predicted molar refractivity (Wildman–Crippen MR) is 86.6 cm³/mol. The second kappa shape index (κ2) is 6.70. The summed E-state index contributed by atoms with van der Waals surface area (Å²) in [5, 5.41) is 3.37. The Morgan fingerprint density at radius 2 is 2.05 bits per heavy atom. The minimum Gasteiger partial charge on any atom is -0.313 e. The fraction of sp³-hybridized carbons (Fsp3) is 0.250. The van der Waals surface area contributed by atoms with E-state index in [2.05, 4.69) is 28.2 Å². The van der Waals surface area contributed by atoms with Gasteiger partial charge < -0.3 is 5.32 Å². The Labute approximate surface area is 132 Å². The van der Waals surface area contributed by atoms with Crippen LogP contribution in [0.4, 0.5) is 4.39 Å². The van der Waals surface area contributed by atoms with E-state index in [0.717, 1.165) is 17.5 Å². The Bertz CT molecular complexity index is 611. The average Bonchev–Trinajstić information content (AvgIpc) is 2.47. The van der Waals surface area contributed by atoms with Gasteiger partial charge in [-0.2, -0.15) is 0 Å². The second-order valence-corrected chi connectivity index (χ2v) is 5.83. The molecule has 2 rings (SSSR count). The largest absolute Gasteiger partial charge is 0.313 e. The van der Waals surface area contributed by atoms with Crippen LogP contribution in [0.15, 0.2) is 40.9 Å². The van der Waals surface area contributed by atoms with Gasteiger partial charge in [-0.05, 0) is 52.7 Å². The zero-order chi connectivity index (χ0) is 14.7. The maximum absolute atomic E-state index is 14.3. The van der Waals surface area contributed by atoms with Gasteiger partial charge in [0.1, 0.15) is 0 Å². The molecule has 0 aliphatic rings. The smallest absolute Gasteiger partial charge is 0.150 e. The summed E-state index contributed by atoms with van der Waals surface area (Å²) in [6.07, 6.45) is 0.976. The Morgan fingerprint density at radius 3 is 2.70 bits per heavy atom. The van der Waals surface area contributed by atoms with Crippen LogP contribution in [-0.4, -0.2) is 7.05 Å². The molecule has 0 aromatic heterocycles. The number of benzene rings is 2. The molecule has 1 N–H and O–H groups in total. The monoisotopic (exact) mass is 355 g/mol. The van der Waals surface area contributed by atoms with E-state index in [4.69, 9.17) is 11.6 Å². The predicted octanol–water partition coefficient (Wildman–Crippen LogP) is 5.58. The van der Waals surface area contributed by atoms with Crippen molar-refractivity contribution in [2.45, 2.75) is 19.4 Å². The van der Waals surface area contributed by atoms with Crippen molar-refractivity contribution in [2.75, 3.05) is 7.05 Å². The van der Waals surface area contributed by atoms with Crippen molar-refractivity contribution >= 4 is 27.5 Å². The van der Waals surface area contributed by atoms with Crippen molar-refractivity contribution in [3.63, 3.8) is 0 Å². The highest BCUT2D eigenvalue weighted by molar-refractivity contribution is 9.10. The molecule has 2 aromatic carbocycles. The van der Waals surface area contributed by atoms with Gasteiger partial charge in [0.15, 0.2) is 5.82 Å². The number of nitrogens with one attached hydrogen (secondary N) is 1. The van der Waals surface area contributed by atoms with Gasteiger partial charge in [-0.3, -0.25) is 0 Å². The number of hydrogen-bond donors (Lipinski definition) is 1. The molecule has 0 saturated carbocycles. The number of rotatable bonds is 4. The average molecular weight is 357 g/mol. The molecule has 0 aliphatic carbocycles. The molecule has 0 saturated heterocycles. The van der Waals surface area contributed by atoms with Crippen molar-refractivity contribution < 1.29 is 4.39 Å². The summed E-state index contributed by atoms with van der Waals surface area (Å²) in [4.78, 5) is 0. The first-order valence-corrected chi connectivity index (χ1v) is 7.66. The van der Waals surface area contributed by atoms with Crippen molar-refractivity contribution in [1.82, 2.24) is 5.32 Å². The van der Waals surface area contributed by atoms with Crippen LogP contribution in [0, 0.1) is 5.82 Å². The van der Waals surface area contributed by atoms with E-state index in [1.165, 1.54) is 0 Å². The molecule has 0 amide bonds. The molecule has 1 atom stereocenters. The summed E-state index contributed by atoms with van der Waals surface area (Å²) in [7, 11) is 1.93. The maximum atomic E-state index is 14.3. The molecule has 0 aliphatic heterocycles. The summed E-state index contributed by atoms with van der Waals surface area (Å²) in [5.74, 6) is -0.393. The first-order valence-electron chi connectivity index (χ1n) is 6.49. The van der Waals surface area contributed by atoms with Gasteiger partial charge >= 0.3 is 0 Å². The normalized spacial score (nSPS) is 12.4. The van der Waals surface area contributed by atoms with Gasteiger partial charge in [0.2, 0.25) is 0 Å². The van der Waals surface area contributed by atoms with E-state index >= 15 is 0 Å². The van der Waals surface area contributed by atoms with Crippen LogP contribution in [0.5, 0.6) is 0 Å². The summed E-state index contributed by atoms with van der Waals surface area (Å²) < 4.78 is 14.8. The van der Waals surface area contributed by atoms with E-state index in [-0.39, 0.29) is 11.1 Å². The maximum Gasteiger partial charge on any atom is 0.150 e. The van der Waals surface area contributed by atoms with Crippen LogP contribution in [0.25, 0.3) is 11.1 Å². The lowest BCUT2D eigenvalue weighted by atomic mass is 9.98. The molecule has 0 fully saturated rings. The molecule has 0 heterocycles. The minimum absolute atomic E-state index is 0.119. The molecule has 4 heteroatoms. The highest BCUT2D eigenvalue weighted by Crippen LogP contribution is 2.34. The third-order valence-corrected chi connectivity index (χ3v) is 4.65. The fourth-order valence-electron chi connectivity index (χ4n) is 2.28. The molecular weight excluding hydrogens is 341 g/mol. The number of halogens is 3. The zero-order valence-corrected chi connectivity index (χ0v) is 13.7. The van der Waals surface area contributed by atoms with Gasteiger partial charge in [-0.1, -0.05) is 42.8 Å². The molecule has 106 valence electrons. The summed E-state index contributed by atoms with van der Waals surface area (Å²) >= 11 is 9.19. The lowest BCUT2D eigenvalue weighted by Crippen LogP contribution is -2.15. The van der Waals surface area contributed by atoms with Gasteiger partial charge in [0.05, 0.1) is 5.02 Å². The van der Waals surface area contributed by atoms with Crippen LogP contribution in [0.1, 0.15) is 24.9 Å². The van der Waals surface area contributed by atoms with Gasteiger partial charge in [-0.15, -0.1) is 0 Å². The van der Waals surface area contributed by atoms with Crippen molar-refractivity contribution in [2.24, 2.45) is 0 Å². The SMILES string of the molecule is CCC(NC)c1cccc(-c2ccc(Br)c(Cl)c2F)c1. The lowest BCUT2D eigenvalue weighted by Gasteiger charge is -2.16. The molecule has 1 nitrogen and oxygen atoms in total. The first-order chi connectivity index (χ1) is 9.58. The minimum atomic E-state index is -0.393. The van der Waals surface area contributed by atoms with E-state index in [9.17, 15) is 4.39 Å². The summed E-state index contributed by atoms with van der Waals surface area (Å²) in [5.41, 5.74) is 2.50. The van der Waals surface area contributed by atoms with Crippen LogP contribution in [0.2, 0.25) is 5.02 Å². The standard InChI is InChI=1S/C16H16BrClFN/c1-3-14(20-2)11-6-4-5-10(9-11)12-7-8-13(17)15(18)16(12)19/h4-9,14,20H,3H2,1-2H3. The number of hydrogen-bond acceptors (Lipinski definition) is 1. The molecule has 2 aromatic rings. The van der Waals surface area contributed by atoms with Gasteiger partial charge in [0.25, 0.3) is 0 Å². The second-order valence-electron chi connectivity index (χ2n) is 4.60. The van der Waals surface area contributed by atoms with Crippen LogP contribution in [-0.2, 0) is 0 Å². The van der Waals surface area contributed by atoms with Crippen LogP contribution >= 0.6 is 27.5 Å². The molecule has 1 unspecified atom stereocenters. The first kappa shape index (κ1) is 15.5. The van der Waals surface area contributed by atoms with Crippen molar-refractivity contribution in [1.29, 1.82) is 0 Å². The lowest BCUT2D eigenvalue weighted by molar-refractivity contribution is 0.577. The Balaban J connectivity index is 2.49. The van der Waals surface area contributed by atoms with Gasteiger partial charge in [-0.25, -0.2) is 4.39 Å². The quantitative estimate of drug-likeness (QED) is 0.705. The molecular formula is C16H16BrClFN. The Morgan fingerprint density at radius 1 is 1.30 bits per heavy atom. The van der Waals surface area contributed by atoms with Crippen molar-refractivity contribution in [3.8, 4) is 11.1 Å². The van der Waals surface area contributed by atoms with E-state index in [1.807, 2.05) is 31.3 Å². The van der Waals surface area contributed by atoms with E-state index in [0.29, 0.717) is 10.0 Å². The fourth-order valence-corrected chi connectivity index (χ4v) is 2.75. The Hall–Kier alpha value is -0.900. The molecule has 0 spiro atoms. The topological polar surface area (TPSA) is 12.0 Å². The van der Waals surface area contributed by atoms with E-state index < -0.39 is 5.82 Å². The highest BCUT2D eigenvalue weighted by atomic mass is 79.9. The van der Waals surface area contributed by atoms with Crippen molar-refractivity contribution in [3.05, 3.63) is 57.3 Å². The zero-order valence-electron chi connectivity index (χ0n) is 11.4. The van der Waals surface area contributed by atoms with Crippen LogP contribution < -0.4 is 5.32 Å². The Kier molecular flexibility index (Phi) is 5.19. The molecule has 0 bridgehead atoms. The molecule has 20 heavy (non-hydrogen) atoms. The third kappa shape index (κ3) is 3.05. The van der Waals surface area contributed by atoms with E-state index in [1.54, 1.807) is 12.1 Å². The highest BCUT2D eigenvalue weighted by Gasteiger charge is 2.13. The third-order valence-electron chi connectivity index (χ3n) is 3.39. The van der Waals surface area contributed by atoms with Crippen LogP contribution in [0.3, 0.4) is 0 Å².